The number of aromatic amines is 2. The number of thiophene rings is 2. The van der Waals surface area contributed by atoms with Crippen molar-refractivity contribution < 1.29 is 28.7 Å². The highest BCUT2D eigenvalue weighted by molar-refractivity contribution is 7.29. The number of hydrogen-bond donors (Lipinski definition) is 4. The lowest BCUT2D eigenvalue weighted by molar-refractivity contribution is -0.136. The highest BCUT2D eigenvalue weighted by Gasteiger charge is 2.39. The number of carbonyl (C=O) groups is 4. The SMILES string of the molecule is COC(=O)NC(C(=O)N1CCCC1c1ncc(C#Cc2cc3sc(-c4cnc(C5CCCN5C(=O)C(NC(=O)OC)C(C)C)[nH]4)cc3s2)[nH]1)C(C)C. The molecule has 4 amide bonds. The van der Waals surface area contributed by atoms with Crippen LogP contribution in [0.5, 0.6) is 0 Å². The number of rotatable bonds is 9. The summed E-state index contributed by atoms with van der Waals surface area (Å²) in [6.07, 6.45) is 5.48. The number of H-pyrrole nitrogens is 2. The largest absolute Gasteiger partial charge is 0.453 e. The molecule has 4 N–H and O–H groups in total. The lowest BCUT2D eigenvalue weighted by Gasteiger charge is -2.30. The van der Waals surface area contributed by atoms with Crippen molar-refractivity contribution in [1.29, 1.82) is 0 Å². The quantitative estimate of drug-likeness (QED) is 0.161. The summed E-state index contributed by atoms with van der Waals surface area (Å²) < 4.78 is 11.7. The van der Waals surface area contributed by atoms with Crippen molar-refractivity contribution in [3.8, 4) is 22.4 Å². The van der Waals surface area contributed by atoms with Gasteiger partial charge >= 0.3 is 12.2 Å². The van der Waals surface area contributed by atoms with Gasteiger partial charge in [0.15, 0.2) is 0 Å². The zero-order valence-electron chi connectivity index (χ0n) is 30.1. The molecule has 2 aliphatic rings. The standard InChI is InChI=1S/C36H44N8O6S2/c1-19(2)29(41-35(47)49-5)33(45)43-13-7-9-24(43)31-37-17-21(39-31)11-12-22-15-27-28(51-22)16-26(52-27)23-18-38-32(40-23)25-10-8-14-44(25)34(46)30(20(3)4)42-36(48)50-6/h15-20,24-25,29-30H,7-10,13-14H2,1-6H3,(H,37,39)(H,38,40)(H,41,47)(H,42,48). The third-order valence-corrected chi connectivity index (χ3v) is 11.7. The second kappa shape index (κ2) is 15.8. The number of fused-ring (bicyclic) bond motifs is 1. The van der Waals surface area contributed by atoms with E-state index in [0.29, 0.717) is 24.6 Å². The highest BCUT2D eigenvalue weighted by Crippen LogP contribution is 2.39. The molecule has 2 fully saturated rings. The van der Waals surface area contributed by atoms with E-state index in [1.165, 1.54) is 14.2 Å². The van der Waals surface area contributed by atoms with Crippen molar-refractivity contribution in [3.63, 3.8) is 0 Å². The average Bonchev–Trinajstić information content (AvgIpc) is 3.96. The Morgan fingerprint density at radius 3 is 1.87 bits per heavy atom. The van der Waals surface area contributed by atoms with Gasteiger partial charge in [0.1, 0.15) is 29.4 Å². The maximum absolute atomic E-state index is 13.5. The molecule has 0 aliphatic carbocycles. The second-order valence-corrected chi connectivity index (χ2v) is 15.8. The van der Waals surface area contributed by atoms with Crippen molar-refractivity contribution >= 4 is 56.1 Å². The molecule has 2 saturated heterocycles. The molecule has 4 aromatic rings. The second-order valence-electron chi connectivity index (χ2n) is 13.7. The van der Waals surface area contributed by atoms with E-state index in [4.69, 9.17) is 9.47 Å². The number of likely N-dealkylation sites (tertiary alicyclic amines) is 2. The van der Waals surface area contributed by atoms with E-state index < -0.39 is 24.3 Å². The van der Waals surface area contributed by atoms with Gasteiger partial charge in [0.05, 0.1) is 54.1 Å². The number of methoxy groups -OCH3 is 2. The molecule has 0 aromatic carbocycles. The van der Waals surface area contributed by atoms with Crippen LogP contribution < -0.4 is 10.6 Å². The molecule has 4 aromatic heterocycles. The third-order valence-electron chi connectivity index (χ3n) is 9.47. The predicted molar refractivity (Wildman–Crippen MR) is 198 cm³/mol. The summed E-state index contributed by atoms with van der Waals surface area (Å²) >= 11 is 3.25. The molecule has 0 bridgehead atoms. The lowest BCUT2D eigenvalue weighted by Crippen LogP contribution is -2.51. The van der Waals surface area contributed by atoms with Crippen LogP contribution in [0.3, 0.4) is 0 Å². The fraction of sp³-hybridized carbons (Fsp3) is 0.500. The fourth-order valence-electron chi connectivity index (χ4n) is 6.75. The van der Waals surface area contributed by atoms with Crippen LogP contribution in [-0.2, 0) is 19.1 Å². The number of hydrogen-bond acceptors (Lipinski definition) is 10. The van der Waals surface area contributed by atoms with Crippen LogP contribution in [0.25, 0.3) is 20.0 Å². The van der Waals surface area contributed by atoms with Gasteiger partial charge in [-0.25, -0.2) is 19.6 Å². The Balaban J connectivity index is 1.12. The van der Waals surface area contributed by atoms with Gasteiger partial charge in [-0.1, -0.05) is 27.7 Å². The van der Waals surface area contributed by atoms with Crippen LogP contribution >= 0.6 is 22.7 Å². The summed E-state index contributed by atoms with van der Waals surface area (Å²) in [6, 6.07) is 2.39. The molecular weight excluding hydrogens is 705 g/mol. The third kappa shape index (κ3) is 7.80. The number of nitrogens with zero attached hydrogens (tertiary/aromatic N) is 4. The van der Waals surface area contributed by atoms with Crippen LogP contribution in [-0.4, -0.2) is 93.1 Å². The Labute approximate surface area is 310 Å². The zero-order valence-corrected chi connectivity index (χ0v) is 31.7. The van der Waals surface area contributed by atoms with Crippen LogP contribution in [0.4, 0.5) is 9.59 Å². The van der Waals surface area contributed by atoms with Crippen molar-refractivity contribution in [3.05, 3.63) is 46.7 Å². The maximum Gasteiger partial charge on any atom is 0.407 e. The first-order valence-corrected chi connectivity index (χ1v) is 19.1. The van der Waals surface area contributed by atoms with Crippen molar-refractivity contribution in [2.45, 2.75) is 77.5 Å². The first-order chi connectivity index (χ1) is 25.0. The molecular formula is C36H44N8O6S2. The van der Waals surface area contributed by atoms with Gasteiger partial charge in [-0.05, 0) is 61.5 Å². The van der Waals surface area contributed by atoms with Crippen LogP contribution in [0.2, 0.25) is 0 Å². The maximum atomic E-state index is 13.5. The number of amides is 4. The van der Waals surface area contributed by atoms with Crippen LogP contribution in [0.1, 0.15) is 87.7 Å². The summed E-state index contributed by atoms with van der Waals surface area (Å²) in [7, 11) is 2.57. The molecule has 6 heterocycles. The molecule has 14 nitrogen and oxygen atoms in total. The van der Waals surface area contributed by atoms with E-state index in [1.807, 2.05) is 33.9 Å². The summed E-state index contributed by atoms with van der Waals surface area (Å²) in [5.74, 6) is 7.34. The van der Waals surface area contributed by atoms with E-state index in [-0.39, 0.29) is 35.7 Å². The molecule has 0 spiro atoms. The molecule has 0 radical (unpaired) electrons. The fourth-order valence-corrected chi connectivity index (χ4v) is 8.96. The van der Waals surface area contributed by atoms with Gasteiger partial charge < -0.3 is 39.9 Å². The Hall–Kier alpha value is -4.88. The topological polar surface area (TPSA) is 175 Å². The number of imidazole rings is 2. The average molecular weight is 749 g/mol. The van der Waals surface area contributed by atoms with E-state index in [1.54, 1.807) is 38.7 Å². The van der Waals surface area contributed by atoms with Crippen molar-refractivity contribution in [1.82, 2.24) is 40.4 Å². The van der Waals surface area contributed by atoms with E-state index in [9.17, 15) is 19.2 Å². The van der Waals surface area contributed by atoms with Gasteiger partial charge in [0, 0.05) is 22.5 Å². The lowest BCUT2D eigenvalue weighted by atomic mass is 10.0. The van der Waals surface area contributed by atoms with Crippen LogP contribution in [0.15, 0.2) is 24.5 Å². The minimum absolute atomic E-state index is 0.104. The number of ether oxygens (including phenoxy) is 2. The van der Waals surface area contributed by atoms with E-state index in [2.05, 4.69) is 54.5 Å². The molecule has 276 valence electrons. The first kappa shape index (κ1) is 36.9. The summed E-state index contributed by atoms with van der Waals surface area (Å²) in [6.45, 7) is 8.75. The Kier molecular flexibility index (Phi) is 11.2. The van der Waals surface area contributed by atoms with Crippen LogP contribution in [0, 0.1) is 23.7 Å². The monoisotopic (exact) mass is 748 g/mol. The molecule has 4 unspecified atom stereocenters. The zero-order chi connectivity index (χ0) is 37.1. The summed E-state index contributed by atoms with van der Waals surface area (Å²) in [4.78, 5) is 72.3. The summed E-state index contributed by atoms with van der Waals surface area (Å²) in [5, 5.41) is 5.36. The number of alkyl carbamates (subject to hydrolysis) is 2. The predicted octanol–water partition coefficient (Wildman–Crippen LogP) is 5.56. The van der Waals surface area contributed by atoms with Gasteiger partial charge in [0.25, 0.3) is 0 Å². The Morgan fingerprint density at radius 2 is 1.33 bits per heavy atom. The van der Waals surface area contributed by atoms with Crippen molar-refractivity contribution in [2.24, 2.45) is 11.8 Å². The number of aromatic nitrogens is 4. The van der Waals surface area contributed by atoms with Crippen molar-refractivity contribution in [2.75, 3.05) is 27.3 Å². The Bertz CT molecular complexity index is 1970. The molecule has 16 heteroatoms. The normalized spacial score (nSPS) is 18.4. The minimum atomic E-state index is -0.694. The summed E-state index contributed by atoms with van der Waals surface area (Å²) in [5.41, 5.74) is 1.54. The minimum Gasteiger partial charge on any atom is -0.453 e. The molecule has 2 aliphatic heterocycles. The first-order valence-electron chi connectivity index (χ1n) is 17.4. The highest BCUT2D eigenvalue weighted by atomic mass is 32.1. The van der Waals surface area contributed by atoms with E-state index >= 15 is 0 Å². The van der Waals surface area contributed by atoms with Gasteiger partial charge in [0.2, 0.25) is 11.8 Å². The van der Waals surface area contributed by atoms with Gasteiger partial charge in [-0.2, -0.15) is 0 Å². The smallest absolute Gasteiger partial charge is 0.407 e. The molecule has 4 atom stereocenters. The van der Waals surface area contributed by atoms with Gasteiger partial charge in [-0.3, -0.25) is 9.59 Å². The number of nitrogens with one attached hydrogen (secondary N) is 4. The van der Waals surface area contributed by atoms with E-state index in [0.717, 1.165) is 56.4 Å². The molecule has 52 heavy (non-hydrogen) atoms. The Morgan fingerprint density at radius 1 is 0.788 bits per heavy atom. The molecule has 0 saturated carbocycles. The number of carbonyl (C=O) groups excluding carboxylic acids is 4. The van der Waals surface area contributed by atoms with Gasteiger partial charge in [-0.15, -0.1) is 22.7 Å². The molecule has 6 rings (SSSR count).